The van der Waals surface area contributed by atoms with Gasteiger partial charge in [-0.25, -0.2) is 0 Å². The van der Waals surface area contributed by atoms with Crippen LogP contribution in [0.15, 0.2) is 73.1 Å². The molecule has 5 rings (SSSR count). The van der Waals surface area contributed by atoms with Gasteiger partial charge in [0.05, 0.1) is 18.9 Å². The molecule has 6 heteroatoms. The standard InChI is InChI=1S/C27H25N3O3/c1-18-7-12-23(25(13-18)32-3)33-24-6-4-5-21-17-30(27(31)26(21)24)15-19-8-10-20(11-9-19)22-14-28-29(2)16-22/h4-14,16H,15,17H2,1-3H3. The van der Waals surface area contributed by atoms with Crippen molar-refractivity contribution in [2.75, 3.05) is 7.11 Å². The second-order valence-corrected chi connectivity index (χ2v) is 8.31. The van der Waals surface area contributed by atoms with Crippen LogP contribution in [0.2, 0.25) is 0 Å². The molecule has 33 heavy (non-hydrogen) atoms. The van der Waals surface area contributed by atoms with E-state index in [1.165, 1.54) is 0 Å². The van der Waals surface area contributed by atoms with Crippen LogP contribution in [-0.2, 0) is 20.1 Å². The van der Waals surface area contributed by atoms with Gasteiger partial charge in [-0.15, -0.1) is 0 Å². The van der Waals surface area contributed by atoms with Crippen molar-refractivity contribution in [3.05, 3.63) is 95.3 Å². The number of rotatable bonds is 6. The molecule has 3 aromatic carbocycles. The smallest absolute Gasteiger partial charge is 0.258 e. The number of benzene rings is 3. The Hall–Kier alpha value is -4.06. The van der Waals surface area contributed by atoms with E-state index in [-0.39, 0.29) is 5.91 Å². The molecule has 6 nitrogen and oxygen atoms in total. The fourth-order valence-corrected chi connectivity index (χ4v) is 4.17. The summed E-state index contributed by atoms with van der Waals surface area (Å²) in [6.45, 7) is 3.09. The molecule has 0 bridgehead atoms. The topological polar surface area (TPSA) is 56.6 Å². The number of fused-ring (bicyclic) bond motifs is 1. The Morgan fingerprint density at radius 1 is 0.970 bits per heavy atom. The van der Waals surface area contributed by atoms with Crippen molar-refractivity contribution in [3.63, 3.8) is 0 Å². The van der Waals surface area contributed by atoms with E-state index in [4.69, 9.17) is 9.47 Å². The molecule has 0 spiro atoms. The van der Waals surface area contributed by atoms with Gasteiger partial charge in [-0.2, -0.15) is 5.10 Å². The number of aromatic nitrogens is 2. The van der Waals surface area contributed by atoms with Crippen LogP contribution >= 0.6 is 0 Å². The molecule has 0 atom stereocenters. The molecule has 0 unspecified atom stereocenters. The van der Waals surface area contributed by atoms with Gasteiger partial charge < -0.3 is 14.4 Å². The summed E-state index contributed by atoms with van der Waals surface area (Å²) >= 11 is 0. The highest BCUT2D eigenvalue weighted by Crippen LogP contribution is 2.38. The van der Waals surface area contributed by atoms with E-state index in [2.05, 4.69) is 29.4 Å². The molecule has 1 aliphatic heterocycles. The Kier molecular flexibility index (Phi) is 5.34. The van der Waals surface area contributed by atoms with Crippen molar-refractivity contribution < 1.29 is 14.3 Å². The number of hydrogen-bond donors (Lipinski definition) is 0. The van der Waals surface area contributed by atoms with Crippen LogP contribution in [0.25, 0.3) is 11.1 Å². The number of hydrogen-bond acceptors (Lipinski definition) is 4. The van der Waals surface area contributed by atoms with Gasteiger partial charge in [0.15, 0.2) is 11.5 Å². The van der Waals surface area contributed by atoms with Crippen LogP contribution < -0.4 is 9.47 Å². The Bertz CT molecular complexity index is 1320. The number of ether oxygens (including phenoxy) is 2. The predicted octanol–water partition coefficient (Wildman–Crippen LogP) is 5.35. The summed E-state index contributed by atoms with van der Waals surface area (Å²) in [5.41, 5.74) is 5.91. The normalized spacial score (nSPS) is 12.7. The highest BCUT2D eigenvalue weighted by atomic mass is 16.5. The van der Waals surface area contributed by atoms with E-state index < -0.39 is 0 Å². The predicted molar refractivity (Wildman–Crippen MR) is 126 cm³/mol. The molecular weight excluding hydrogens is 414 g/mol. The van der Waals surface area contributed by atoms with Crippen LogP contribution in [-0.4, -0.2) is 27.7 Å². The zero-order valence-electron chi connectivity index (χ0n) is 18.9. The van der Waals surface area contributed by atoms with Gasteiger partial charge in [-0.3, -0.25) is 9.48 Å². The Morgan fingerprint density at radius 2 is 1.79 bits per heavy atom. The van der Waals surface area contributed by atoms with Crippen LogP contribution in [0.3, 0.4) is 0 Å². The highest BCUT2D eigenvalue weighted by molar-refractivity contribution is 6.01. The van der Waals surface area contributed by atoms with E-state index in [9.17, 15) is 4.79 Å². The van der Waals surface area contributed by atoms with Crippen molar-refractivity contribution in [2.45, 2.75) is 20.0 Å². The highest BCUT2D eigenvalue weighted by Gasteiger charge is 2.31. The molecule has 166 valence electrons. The maximum atomic E-state index is 13.3. The second-order valence-electron chi connectivity index (χ2n) is 8.31. The number of methoxy groups -OCH3 is 1. The van der Waals surface area contributed by atoms with Gasteiger partial charge in [-0.1, -0.05) is 42.5 Å². The first kappa shape index (κ1) is 20.8. The summed E-state index contributed by atoms with van der Waals surface area (Å²) in [4.78, 5) is 15.2. The zero-order chi connectivity index (χ0) is 22.9. The molecule has 0 fully saturated rings. The van der Waals surface area contributed by atoms with Gasteiger partial charge in [0.2, 0.25) is 0 Å². The van der Waals surface area contributed by atoms with Crippen LogP contribution in [0.4, 0.5) is 0 Å². The van der Waals surface area contributed by atoms with Crippen LogP contribution in [0.1, 0.15) is 27.0 Å². The lowest BCUT2D eigenvalue weighted by Gasteiger charge is -2.16. The Labute approximate surface area is 193 Å². The molecule has 2 heterocycles. The lowest BCUT2D eigenvalue weighted by Crippen LogP contribution is -2.23. The van der Waals surface area contributed by atoms with E-state index in [1.54, 1.807) is 11.8 Å². The Balaban J connectivity index is 1.35. The number of aryl methyl sites for hydroxylation is 2. The van der Waals surface area contributed by atoms with Gasteiger partial charge >= 0.3 is 0 Å². The molecule has 1 aromatic heterocycles. The van der Waals surface area contributed by atoms with Gasteiger partial charge in [0.25, 0.3) is 5.91 Å². The molecule has 0 aliphatic carbocycles. The second kappa shape index (κ2) is 8.47. The van der Waals surface area contributed by atoms with E-state index in [0.717, 1.165) is 27.8 Å². The summed E-state index contributed by atoms with van der Waals surface area (Å²) in [6, 6.07) is 19.8. The van der Waals surface area contributed by atoms with Crippen molar-refractivity contribution in [2.24, 2.45) is 7.05 Å². The summed E-state index contributed by atoms with van der Waals surface area (Å²) in [5.74, 6) is 1.76. The minimum absolute atomic E-state index is 0.0250. The molecule has 0 saturated heterocycles. The molecule has 0 N–H and O–H groups in total. The maximum absolute atomic E-state index is 13.3. The first-order chi connectivity index (χ1) is 16.0. The Morgan fingerprint density at radius 3 is 2.52 bits per heavy atom. The third-order valence-electron chi connectivity index (χ3n) is 5.88. The van der Waals surface area contributed by atoms with E-state index in [1.807, 2.05) is 67.7 Å². The van der Waals surface area contributed by atoms with Crippen LogP contribution in [0, 0.1) is 6.92 Å². The van der Waals surface area contributed by atoms with Gasteiger partial charge in [-0.05, 0) is 47.4 Å². The van der Waals surface area contributed by atoms with Crippen molar-refractivity contribution >= 4 is 5.91 Å². The largest absolute Gasteiger partial charge is 0.493 e. The minimum atomic E-state index is -0.0250. The number of nitrogens with zero attached hydrogens (tertiary/aromatic N) is 3. The molecule has 1 aliphatic rings. The maximum Gasteiger partial charge on any atom is 0.258 e. The number of carbonyl (C=O) groups excluding carboxylic acids is 1. The fourth-order valence-electron chi connectivity index (χ4n) is 4.17. The fraction of sp³-hybridized carbons (Fsp3) is 0.185. The summed E-state index contributed by atoms with van der Waals surface area (Å²) in [6.07, 6.45) is 3.83. The van der Waals surface area contributed by atoms with Crippen molar-refractivity contribution in [3.8, 4) is 28.4 Å². The van der Waals surface area contributed by atoms with Crippen LogP contribution in [0.5, 0.6) is 17.2 Å². The first-order valence-corrected chi connectivity index (χ1v) is 10.8. The summed E-state index contributed by atoms with van der Waals surface area (Å²) < 4.78 is 13.4. The number of amides is 1. The quantitative estimate of drug-likeness (QED) is 0.406. The minimum Gasteiger partial charge on any atom is -0.493 e. The third-order valence-corrected chi connectivity index (χ3v) is 5.88. The molecular formula is C27H25N3O3. The molecule has 0 saturated carbocycles. The lowest BCUT2D eigenvalue weighted by molar-refractivity contribution is 0.0765. The lowest BCUT2D eigenvalue weighted by atomic mass is 10.1. The van der Waals surface area contributed by atoms with Crippen molar-refractivity contribution in [1.29, 1.82) is 0 Å². The molecule has 0 radical (unpaired) electrons. The first-order valence-electron chi connectivity index (χ1n) is 10.8. The summed E-state index contributed by atoms with van der Waals surface area (Å²) in [5, 5.41) is 4.23. The molecule has 1 amide bonds. The molecule has 4 aromatic rings. The third kappa shape index (κ3) is 4.07. The van der Waals surface area contributed by atoms with E-state index >= 15 is 0 Å². The zero-order valence-corrected chi connectivity index (χ0v) is 18.9. The van der Waals surface area contributed by atoms with Gasteiger partial charge in [0.1, 0.15) is 5.75 Å². The number of carbonyl (C=O) groups is 1. The monoisotopic (exact) mass is 439 g/mol. The van der Waals surface area contributed by atoms with Gasteiger partial charge in [0, 0.05) is 31.9 Å². The average Bonchev–Trinajstić information content (AvgIpc) is 3.39. The average molecular weight is 440 g/mol. The van der Waals surface area contributed by atoms with Crippen molar-refractivity contribution in [1.82, 2.24) is 14.7 Å². The summed E-state index contributed by atoms with van der Waals surface area (Å²) in [7, 11) is 3.52. The SMILES string of the molecule is COc1cc(C)ccc1Oc1cccc2c1C(=O)N(Cc1ccc(-c3cnn(C)c3)cc1)C2. The van der Waals surface area contributed by atoms with E-state index in [0.29, 0.717) is 35.9 Å².